The number of urea groups is 1. The van der Waals surface area contributed by atoms with Crippen LogP contribution in [0, 0.1) is 5.92 Å². The Hall–Kier alpha value is -3.02. The number of hydrogen-bond acceptors (Lipinski definition) is 3. The van der Waals surface area contributed by atoms with Crippen molar-refractivity contribution in [3.63, 3.8) is 0 Å². The second kappa shape index (κ2) is 10.7. The second-order valence-corrected chi connectivity index (χ2v) is 8.04. The van der Waals surface area contributed by atoms with Crippen molar-refractivity contribution in [3.05, 3.63) is 60.2 Å². The number of rotatable bonds is 7. The molecule has 1 heterocycles. The van der Waals surface area contributed by atoms with Crippen molar-refractivity contribution in [3.8, 4) is 0 Å². The third-order valence-electron chi connectivity index (χ3n) is 5.61. The highest BCUT2D eigenvalue weighted by Crippen LogP contribution is 2.19. The molecule has 3 rings (SSSR count). The van der Waals surface area contributed by atoms with Crippen LogP contribution in [0.3, 0.4) is 0 Å². The molecule has 0 saturated carbocycles. The highest BCUT2D eigenvalue weighted by atomic mass is 16.2. The van der Waals surface area contributed by atoms with Gasteiger partial charge in [-0.3, -0.25) is 4.79 Å². The molecule has 0 radical (unpaired) electrons. The lowest BCUT2D eigenvalue weighted by molar-refractivity contribution is 0.0697. The standard InChI is InChI=1S/C24H32N4O2/c1-19-13-17-28(18-14-19)23(29)20-9-11-21(12-10-20)26-24(30)25-15-6-16-27(2)22-7-4-3-5-8-22/h3-5,7-12,19H,6,13-18H2,1-2H3,(H2,25,26,30). The van der Waals surface area contributed by atoms with E-state index in [9.17, 15) is 9.59 Å². The molecule has 2 aromatic carbocycles. The van der Waals surface area contributed by atoms with Gasteiger partial charge in [-0.05, 0) is 61.6 Å². The number of likely N-dealkylation sites (tertiary alicyclic amines) is 1. The van der Waals surface area contributed by atoms with Crippen molar-refractivity contribution in [2.24, 2.45) is 5.92 Å². The molecule has 1 aliphatic rings. The summed E-state index contributed by atoms with van der Waals surface area (Å²) in [4.78, 5) is 28.8. The van der Waals surface area contributed by atoms with E-state index < -0.39 is 0 Å². The van der Waals surface area contributed by atoms with Gasteiger partial charge >= 0.3 is 6.03 Å². The summed E-state index contributed by atoms with van der Waals surface area (Å²) in [6, 6.07) is 17.1. The number of carbonyl (C=O) groups excluding carboxylic acids is 2. The summed E-state index contributed by atoms with van der Waals surface area (Å²) in [5, 5.41) is 5.70. The summed E-state index contributed by atoms with van der Waals surface area (Å²) in [6.07, 6.45) is 2.97. The number of anilines is 2. The van der Waals surface area contributed by atoms with Gasteiger partial charge < -0.3 is 20.4 Å². The number of carbonyl (C=O) groups is 2. The minimum atomic E-state index is -0.235. The largest absolute Gasteiger partial charge is 0.375 e. The molecule has 1 aliphatic heterocycles. The third kappa shape index (κ3) is 6.24. The van der Waals surface area contributed by atoms with Crippen molar-refractivity contribution in [1.82, 2.24) is 10.2 Å². The number of nitrogens with one attached hydrogen (secondary N) is 2. The molecule has 2 N–H and O–H groups in total. The molecule has 160 valence electrons. The lowest BCUT2D eigenvalue weighted by atomic mass is 9.98. The van der Waals surface area contributed by atoms with Gasteiger partial charge in [0.25, 0.3) is 5.91 Å². The minimum absolute atomic E-state index is 0.0698. The van der Waals surface area contributed by atoms with Crippen molar-refractivity contribution >= 4 is 23.3 Å². The van der Waals surface area contributed by atoms with E-state index in [-0.39, 0.29) is 11.9 Å². The fourth-order valence-corrected chi connectivity index (χ4v) is 3.60. The third-order valence-corrected chi connectivity index (χ3v) is 5.61. The number of piperidine rings is 1. The number of benzene rings is 2. The first-order chi connectivity index (χ1) is 14.5. The molecule has 0 spiro atoms. The van der Waals surface area contributed by atoms with E-state index in [0.29, 0.717) is 23.7 Å². The normalized spacial score (nSPS) is 14.3. The first kappa shape index (κ1) is 21.7. The first-order valence-corrected chi connectivity index (χ1v) is 10.7. The quantitative estimate of drug-likeness (QED) is 0.675. The van der Waals surface area contributed by atoms with Crippen LogP contribution < -0.4 is 15.5 Å². The van der Waals surface area contributed by atoms with E-state index in [1.54, 1.807) is 24.3 Å². The van der Waals surface area contributed by atoms with Crippen LogP contribution in [0.2, 0.25) is 0 Å². The van der Waals surface area contributed by atoms with Gasteiger partial charge in [0.05, 0.1) is 0 Å². The Morgan fingerprint density at radius 3 is 2.37 bits per heavy atom. The van der Waals surface area contributed by atoms with Crippen LogP contribution in [0.4, 0.5) is 16.2 Å². The second-order valence-electron chi connectivity index (χ2n) is 8.04. The van der Waals surface area contributed by atoms with Crippen LogP contribution in [-0.2, 0) is 0 Å². The van der Waals surface area contributed by atoms with Crippen LogP contribution >= 0.6 is 0 Å². The Kier molecular flexibility index (Phi) is 7.71. The summed E-state index contributed by atoms with van der Waals surface area (Å²) >= 11 is 0. The number of para-hydroxylation sites is 1. The number of nitrogens with zero attached hydrogens (tertiary/aromatic N) is 2. The summed E-state index contributed by atoms with van der Waals surface area (Å²) in [5.41, 5.74) is 2.51. The maximum atomic E-state index is 12.6. The summed E-state index contributed by atoms with van der Waals surface area (Å²) in [7, 11) is 2.04. The molecule has 1 saturated heterocycles. The molecule has 1 fully saturated rings. The van der Waals surface area contributed by atoms with Crippen LogP contribution in [-0.4, -0.2) is 50.1 Å². The predicted octanol–water partition coefficient (Wildman–Crippen LogP) is 4.21. The van der Waals surface area contributed by atoms with Gasteiger partial charge in [0.15, 0.2) is 0 Å². The summed E-state index contributed by atoms with van der Waals surface area (Å²) in [6.45, 7) is 5.32. The van der Waals surface area contributed by atoms with E-state index in [1.165, 1.54) is 0 Å². The lowest BCUT2D eigenvalue weighted by Crippen LogP contribution is -2.37. The molecule has 0 aliphatic carbocycles. The van der Waals surface area contributed by atoms with Crippen molar-refractivity contribution in [1.29, 1.82) is 0 Å². The molecule has 0 bridgehead atoms. The topological polar surface area (TPSA) is 64.7 Å². The average molecular weight is 409 g/mol. The zero-order valence-electron chi connectivity index (χ0n) is 17.9. The Morgan fingerprint density at radius 2 is 1.70 bits per heavy atom. The average Bonchev–Trinajstić information content (AvgIpc) is 2.78. The van der Waals surface area contributed by atoms with Gasteiger partial charge in [-0.2, -0.15) is 0 Å². The van der Waals surface area contributed by atoms with E-state index in [2.05, 4.69) is 34.6 Å². The van der Waals surface area contributed by atoms with Crippen molar-refractivity contribution in [2.45, 2.75) is 26.2 Å². The maximum absolute atomic E-state index is 12.6. The molecule has 6 nitrogen and oxygen atoms in total. The van der Waals surface area contributed by atoms with Crippen molar-refractivity contribution in [2.75, 3.05) is 43.4 Å². The van der Waals surface area contributed by atoms with Gasteiger partial charge in [0.1, 0.15) is 0 Å². The number of hydrogen-bond donors (Lipinski definition) is 2. The molecule has 6 heteroatoms. The SMILES string of the molecule is CC1CCN(C(=O)c2ccc(NC(=O)NCCCN(C)c3ccccc3)cc2)CC1. The van der Waals surface area contributed by atoms with E-state index in [4.69, 9.17) is 0 Å². The van der Waals surface area contributed by atoms with Gasteiger partial charge in [-0.25, -0.2) is 4.79 Å². The van der Waals surface area contributed by atoms with Gasteiger partial charge in [-0.1, -0.05) is 25.1 Å². The molecular weight excluding hydrogens is 376 g/mol. The predicted molar refractivity (Wildman–Crippen MR) is 122 cm³/mol. The fraction of sp³-hybridized carbons (Fsp3) is 0.417. The van der Waals surface area contributed by atoms with Crippen LogP contribution in [0.1, 0.15) is 36.5 Å². The fourth-order valence-electron chi connectivity index (χ4n) is 3.60. The summed E-state index contributed by atoms with van der Waals surface area (Å²) < 4.78 is 0. The minimum Gasteiger partial charge on any atom is -0.375 e. The van der Waals surface area contributed by atoms with Crippen LogP contribution in [0.25, 0.3) is 0 Å². The van der Waals surface area contributed by atoms with Crippen LogP contribution in [0.15, 0.2) is 54.6 Å². The molecule has 30 heavy (non-hydrogen) atoms. The van der Waals surface area contributed by atoms with Crippen LogP contribution in [0.5, 0.6) is 0 Å². The highest BCUT2D eigenvalue weighted by Gasteiger charge is 2.21. The summed E-state index contributed by atoms with van der Waals surface area (Å²) in [5.74, 6) is 0.762. The Labute approximate surface area is 179 Å². The molecule has 3 amide bonds. The molecule has 0 atom stereocenters. The highest BCUT2D eigenvalue weighted by molar-refractivity contribution is 5.95. The zero-order valence-corrected chi connectivity index (χ0v) is 17.9. The lowest BCUT2D eigenvalue weighted by Gasteiger charge is -2.30. The number of amides is 3. The Morgan fingerprint density at radius 1 is 1.03 bits per heavy atom. The van der Waals surface area contributed by atoms with E-state index in [1.807, 2.05) is 30.1 Å². The van der Waals surface area contributed by atoms with Gasteiger partial charge in [0.2, 0.25) is 0 Å². The zero-order chi connectivity index (χ0) is 21.3. The Bertz CT molecular complexity index is 815. The molecule has 2 aromatic rings. The molecular formula is C24H32N4O2. The van der Waals surface area contributed by atoms with Crippen molar-refractivity contribution < 1.29 is 9.59 Å². The maximum Gasteiger partial charge on any atom is 0.319 e. The van der Waals surface area contributed by atoms with E-state index in [0.717, 1.165) is 44.6 Å². The monoisotopic (exact) mass is 408 g/mol. The van der Waals surface area contributed by atoms with E-state index >= 15 is 0 Å². The molecule has 0 unspecified atom stereocenters. The smallest absolute Gasteiger partial charge is 0.319 e. The Balaban J connectivity index is 1.38. The molecule has 0 aromatic heterocycles. The van der Waals surface area contributed by atoms with Gasteiger partial charge in [0, 0.05) is 50.2 Å². The first-order valence-electron chi connectivity index (χ1n) is 10.7. The van der Waals surface area contributed by atoms with Gasteiger partial charge in [-0.15, -0.1) is 0 Å².